The third-order valence-electron chi connectivity index (χ3n) is 3.20. The molecule has 19 heavy (non-hydrogen) atoms. The Hall–Kier alpha value is -2.11. The highest BCUT2D eigenvalue weighted by Crippen LogP contribution is 2.18. The summed E-state index contributed by atoms with van der Waals surface area (Å²) in [5.41, 5.74) is 5.80. The van der Waals surface area contributed by atoms with Gasteiger partial charge < -0.3 is 16.0 Å². The molecule has 1 atom stereocenters. The van der Waals surface area contributed by atoms with Gasteiger partial charge in [0.25, 0.3) is 5.91 Å². The first-order valence-electron chi connectivity index (χ1n) is 6.18. The standard InChI is InChI=1S/C13H16FN3O2/c1-2-11-12(18)16-5-6-17(11)13(19)9-7-8(15)3-4-10(9)14/h3-4,7,11H,2,5-6,15H2,1H3,(H,16,18). The zero-order chi connectivity index (χ0) is 14.0. The molecule has 2 amide bonds. The minimum Gasteiger partial charge on any atom is -0.399 e. The lowest BCUT2D eigenvalue weighted by Crippen LogP contribution is -2.57. The van der Waals surface area contributed by atoms with Gasteiger partial charge in [-0.05, 0) is 24.6 Å². The lowest BCUT2D eigenvalue weighted by Gasteiger charge is -2.34. The third kappa shape index (κ3) is 2.52. The molecule has 1 aromatic rings. The van der Waals surface area contributed by atoms with Crippen LogP contribution in [-0.4, -0.2) is 35.8 Å². The van der Waals surface area contributed by atoms with Gasteiger partial charge in [0.15, 0.2) is 0 Å². The van der Waals surface area contributed by atoms with Gasteiger partial charge in [-0.15, -0.1) is 0 Å². The predicted octanol–water partition coefficient (Wildman–Crippen LogP) is 0.759. The average molecular weight is 265 g/mol. The number of amides is 2. The van der Waals surface area contributed by atoms with E-state index in [1.807, 2.05) is 6.92 Å². The number of nitrogen functional groups attached to an aromatic ring is 1. The highest BCUT2D eigenvalue weighted by molar-refractivity contribution is 5.99. The van der Waals surface area contributed by atoms with Crippen molar-refractivity contribution in [3.63, 3.8) is 0 Å². The van der Waals surface area contributed by atoms with E-state index in [4.69, 9.17) is 5.73 Å². The van der Waals surface area contributed by atoms with Crippen molar-refractivity contribution in [1.29, 1.82) is 0 Å². The summed E-state index contributed by atoms with van der Waals surface area (Å²) in [5, 5.41) is 2.69. The Kier molecular flexibility index (Phi) is 3.69. The SMILES string of the molecule is CCC1C(=O)NCCN1C(=O)c1cc(N)ccc1F. The molecule has 102 valence electrons. The van der Waals surface area contributed by atoms with E-state index in [2.05, 4.69) is 5.32 Å². The maximum absolute atomic E-state index is 13.7. The van der Waals surface area contributed by atoms with Crippen molar-refractivity contribution in [3.8, 4) is 0 Å². The van der Waals surface area contributed by atoms with E-state index in [9.17, 15) is 14.0 Å². The number of carbonyl (C=O) groups is 2. The second-order valence-electron chi connectivity index (χ2n) is 4.45. The number of piperazine rings is 1. The summed E-state index contributed by atoms with van der Waals surface area (Å²) in [4.78, 5) is 25.4. The number of benzene rings is 1. The van der Waals surface area contributed by atoms with Crippen LogP contribution >= 0.6 is 0 Å². The van der Waals surface area contributed by atoms with Crippen LogP contribution in [0.5, 0.6) is 0 Å². The fraction of sp³-hybridized carbons (Fsp3) is 0.385. The predicted molar refractivity (Wildman–Crippen MR) is 68.9 cm³/mol. The maximum atomic E-state index is 13.7. The second-order valence-corrected chi connectivity index (χ2v) is 4.45. The number of hydrogen-bond donors (Lipinski definition) is 2. The molecule has 0 spiro atoms. The monoisotopic (exact) mass is 265 g/mol. The molecule has 1 fully saturated rings. The van der Waals surface area contributed by atoms with E-state index in [1.54, 1.807) is 0 Å². The van der Waals surface area contributed by atoms with Crippen LogP contribution in [0, 0.1) is 5.82 Å². The Morgan fingerprint density at radius 1 is 1.58 bits per heavy atom. The van der Waals surface area contributed by atoms with E-state index in [1.165, 1.54) is 17.0 Å². The summed E-state index contributed by atoms with van der Waals surface area (Å²) < 4.78 is 13.7. The minimum absolute atomic E-state index is 0.0897. The molecular formula is C13H16FN3O2. The highest BCUT2D eigenvalue weighted by atomic mass is 19.1. The van der Waals surface area contributed by atoms with Crippen molar-refractivity contribution < 1.29 is 14.0 Å². The number of nitrogens with one attached hydrogen (secondary N) is 1. The smallest absolute Gasteiger partial charge is 0.257 e. The van der Waals surface area contributed by atoms with Gasteiger partial charge in [0, 0.05) is 18.8 Å². The zero-order valence-corrected chi connectivity index (χ0v) is 10.6. The first kappa shape index (κ1) is 13.3. The molecular weight excluding hydrogens is 249 g/mol. The van der Waals surface area contributed by atoms with Gasteiger partial charge >= 0.3 is 0 Å². The molecule has 5 nitrogen and oxygen atoms in total. The van der Waals surface area contributed by atoms with Crippen molar-refractivity contribution in [2.45, 2.75) is 19.4 Å². The number of anilines is 1. The van der Waals surface area contributed by atoms with Crippen molar-refractivity contribution in [1.82, 2.24) is 10.2 Å². The third-order valence-corrected chi connectivity index (χ3v) is 3.20. The van der Waals surface area contributed by atoms with Crippen LogP contribution in [0.4, 0.5) is 10.1 Å². The molecule has 1 aromatic carbocycles. The van der Waals surface area contributed by atoms with Crippen molar-refractivity contribution in [3.05, 3.63) is 29.6 Å². The van der Waals surface area contributed by atoms with E-state index in [0.717, 1.165) is 6.07 Å². The van der Waals surface area contributed by atoms with Gasteiger partial charge in [-0.2, -0.15) is 0 Å². The van der Waals surface area contributed by atoms with Gasteiger partial charge in [0.2, 0.25) is 5.91 Å². The summed E-state index contributed by atoms with van der Waals surface area (Å²) in [6, 6.07) is 3.30. The summed E-state index contributed by atoms with van der Waals surface area (Å²) >= 11 is 0. The first-order valence-corrected chi connectivity index (χ1v) is 6.18. The molecule has 0 radical (unpaired) electrons. The van der Waals surface area contributed by atoms with Crippen molar-refractivity contribution >= 4 is 17.5 Å². The molecule has 0 aromatic heterocycles. The number of hydrogen-bond acceptors (Lipinski definition) is 3. The molecule has 1 unspecified atom stereocenters. The normalized spacial score (nSPS) is 19.2. The molecule has 6 heteroatoms. The van der Waals surface area contributed by atoms with Crippen LogP contribution in [-0.2, 0) is 4.79 Å². The summed E-state index contributed by atoms with van der Waals surface area (Å²) in [6.07, 6.45) is 0.488. The molecule has 0 bridgehead atoms. The number of nitrogens with two attached hydrogens (primary N) is 1. The van der Waals surface area contributed by atoms with Crippen molar-refractivity contribution in [2.24, 2.45) is 0 Å². The summed E-state index contributed by atoms with van der Waals surface area (Å²) in [6.45, 7) is 2.56. The average Bonchev–Trinajstić information content (AvgIpc) is 2.40. The van der Waals surface area contributed by atoms with Crippen LogP contribution in [0.1, 0.15) is 23.7 Å². The Labute approximate surface area is 110 Å². The quantitative estimate of drug-likeness (QED) is 0.775. The molecule has 1 saturated heterocycles. The lowest BCUT2D eigenvalue weighted by atomic mass is 10.1. The Bertz CT molecular complexity index is 519. The van der Waals surface area contributed by atoms with Crippen LogP contribution in [0.2, 0.25) is 0 Å². The van der Waals surface area contributed by atoms with Gasteiger partial charge in [0.1, 0.15) is 11.9 Å². The lowest BCUT2D eigenvalue weighted by molar-refractivity contribution is -0.127. The fourth-order valence-corrected chi connectivity index (χ4v) is 2.23. The second kappa shape index (κ2) is 5.26. The molecule has 0 aliphatic carbocycles. The van der Waals surface area contributed by atoms with Crippen LogP contribution in [0.15, 0.2) is 18.2 Å². The highest BCUT2D eigenvalue weighted by Gasteiger charge is 2.33. The van der Waals surface area contributed by atoms with Gasteiger partial charge in [-0.1, -0.05) is 6.92 Å². The summed E-state index contributed by atoms with van der Waals surface area (Å²) in [5.74, 6) is -1.32. The van der Waals surface area contributed by atoms with Crippen LogP contribution in [0.3, 0.4) is 0 Å². The molecule has 1 aliphatic rings. The minimum atomic E-state index is -0.625. The Morgan fingerprint density at radius 3 is 3.00 bits per heavy atom. The van der Waals surface area contributed by atoms with E-state index in [0.29, 0.717) is 25.2 Å². The van der Waals surface area contributed by atoms with E-state index in [-0.39, 0.29) is 11.5 Å². The maximum Gasteiger partial charge on any atom is 0.257 e. The number of halogens is 1. The number of rotatable bonds is 2. The van der Waals surface area contributed by atoms with E-state index < -0.39 is 17.8 Å². The first-order chi connectivity index (χ1) is 9.04. The fourth-order valence-electron chi connectivity index (χ4n) is 2.23. The Morgan fingerprint density at radius 2 is 2.32 bits per heavy atom. The van der Waals surface area contributed by atoms with Gasteiger partial charge in [0.05, 0.1) is 5.56 Å². The number of carbonyl (C=O) groups excluding carboxylic acids is 2. The molecule has 2 rings (SSSR count). The van der Waals surface area contributed by atoms with E-state index >= 15 is 0 Å². The topological polar surface area (TPSA) is 75.4 Å². The summed E-state index contributed by atoms with van der Waals surface area (Å²) in [7, 11) is 0. The molecule has 3 N–H and O–H groups in total. The largest absolute Gasteiger partial charge is 0.399 e. The molecule has 0 saturated carbocycles. The van der Waals surface area contributed by atoms with Crippen LogP contribution < -0.4 is 11.1 Å². The van der Waals surface area contributed by atoms with Gasteiger partial charge in [-0.25, -0.2) is 4.39 Å². The van der Waals surface area contributed by atoms with Gasteiger partial charge in [-0.3, -0.25) is 9.59 Å². The van der Waals surface area contributed by atoms with Crippen LogP contribution in [0.25, 0.3) is 0 Å². The van der Waals surface area contributed by atoms with Crippen molar-refractivity contribution in [2.75, 3.05) is 18.8 Å². The molecule has 1 aliphatic heterocycles. The number of nitrogens with zero attached hydrogens (tertiary/aromatic N) is 1. The molecule has 1 heterocycles. The Balaban J connectivity index is 2.32. The zero-order valence-electron chi connectivity index (χ0n) is 10.6.